The van der Waals surface area contributed by atoms with Crippen molar-refractivity contribution in [3.05, 3.63) is 47.5 Å². The number of benzene rings is 2. The maximum Gasteiger partial charge on any atom is 0.326 e. The second-order valence-electron chi connectivity index (χ2n) is 15.4. The quantitative estimate of drug-likeness (QED) is 0.0704. The third-order valence-corrected chi connectivity index (χ3v) is 10.5. The van der Waals surface area contributed by atoms with Gasteiger partial charge in [-0.25, -0.2) is 4.79 Å². The fourth-order valence-electron chi connectivity index (χ4n) is 7.24. The highest BCUT2D eigenvalue weighted by Gasteiger charge is 2.36. The zero-order chi connectivity index (χ0) is 43.2. The summed E-state index contributed by atoms with van der Waals surface area (Å²) in [6, 6.07) is 5.40. The third-order valence-electron chi connectivity index (χ3n) is 10.5. The zero-order valence-corrected chi connectivity index (χ0v) is 35.4. The molecule has 3 rings (SSSR count). The zero-order valence-electron chi connectivity index (χ0n) is 35.4. The Bertz CT molecular complexity index is 1660. The van der Waals surface area contributed by atoms with Gasteiger partial charge in [-0.2, -0.15) is 0 Å². The number of likely N-dealkylation sites (N-methyl/N-ethyl adjacent to an activating group) is 1. The molecule has 0 aliphatic carbocycles. The number of amides is 4. The Labute approximate surface area is 349 Å². The van der Waals surface area contributed by atoms with Crippen LogP contribution >= 0.6 is 0 Å². The van der Waals surface area contributed by atoms with Crippen LogP contribution in [0, 0.1) is 0 Å². The van der Waals surface area contributed by atoms with Gasteiger partial charge in [0.25, 0.3) is 0 Å². The van der Waals surface area contributed by atoms with Crippen LogP contribution in [-0.4, -0.2) is 97.6 Å². The summed E-state index contributed by atoms with van der Waals surface area (Å²) < 4.78 is 12.1. The number of nitrogens with one attached hydrogen (secondary N) is 3. The standard InChI is InChI=1S/C44H69N7O8/c1-4-5-6-7-8-9-10-11-12-13-14-17-39(52)49-35(16-15-22-45)43(55)51(3)40-32-19-21-38(59-26-24-47)34(29-32)33-27-31(18-20-37(33)58-25-23-46)28-36(44(56)57)50-41(53)30(2)48-42(40)54/h18-21,27,29-30,35-36,40H,4-17,22-26,28,45-47H2,1-3H3,(H,48,54)(H,49,52)(H,50,53)(H,56,57). The lowest BCUT2D eigenvalue weighted by Crippen LogP contribution is -2.54. The van der Waals surface area contributed by atoms with Gasteiger partial charge in [0, 0.05) is 44.1 Å². The predicted octanol–water partition coefficient (Wildman–Crippen LogP) is 4.08. The highest BCUT2D eigenvalue weighted by Crippen LogP contribution is 2.40. The van der Waals surface area contributed by atoms with Crippen LogP contribution in [-0.2, 0) is 30.4 Å². The normalized spacial score (nSPS) is 17.2. The number of carboxylic acids is 1. The van der Waals surface area contributed by atoms with Crippen molar-refractivity contribution in [2.75, 3.05) is 39.9 Å². The van der Waals surface area contributed by atoms with Gasteiger partial charge >= 0.3 is 5.97 Å². The molecule has 1 aliphatic rings. The fraction of sp³-hybridized carbons (Fsp3) is 0.614. The largest absolute Gasteiger partial charge is 0.492 e. The number of rotatable bonds is 25. The minimum absolute atomic E-state index is 0.0698. The first kappa shape index (κ1) is 48.6. The lowest BCUT2D eigenvalue weighted by molar-refractivity contribution is -0.144. The van der Waals surface area contributed by atoms with Gasteiger partial charge in [-0.1, -0.05) is 83.3 Å². The Kier molecular flexibility index (Phi) is 21.8. The predicted molar refractivity (Wildman–Crippen MR) is 229 cm³/mol. The molecule has 4 atom stereocenters. The first-order valence-corrected chi connectivity index (χ1v) is 21.5. The van der Waals surface area contributed by atoms with E-state index in [1.165, 1.54) is 63.8 Å². The van der Waals surface area contributed by atoms with Gasteiger partial charge in [0.2, 0.25) is 23.6 Å². The van der Waals surface area contributed by atoms with Crippen LogP contribution < -0.4 is 42.6 Å². The molecule has 59 heavy (non-hydrogen) atoms. The topological polar surface area (TPSA) is 241 Å². The lowest BCUT2D eigenvalue weighted by atomic mass is 9.93. The highest BCUT2D eigenvalue weighted by atomic mass is 16.5. The second-order valence-corrected chi connectivity index (χ2v) is 15.4. The van der Waals surface area contributed by atoms with Gasteiger partial charge in [-0.3, -0.25) is 19.2 Å². The third kappa shape index (κ3) is 15.8. The van der Waals surface area contributed by atoms with Crippen LogP contribution in [0.4, 0.5) is 0 Å². The number of carboxylic acid groups (broad SMARTS) is 1. The van der Waals surface area contributed by atoms with Gasteiger partial charge in [-0.05, 0) is 68.1 Å². The van der Waals surface area contributed by atoms with Crippen molar-refractivity contribution in [3.8, 4) is 22.6 Å². The smallest absolute Gasteiger partial charge is 0.326 e. The van der Waals surface area contributed by atoms with E-state index in [0.717, 1.165) is 19.3 Å². The number of carbonyl (C=O) groups excluding carboxylic acids is 4. The van der Waals surface area contributed by atoms with E-state index in [0.29, 0.717) is 46.6 Å². The summed E-state index contributed by atoms with van der Waals surface area (Å²) in [6.45, 7) is 4.72. The molecular formula is C44H69N7O8. The monoisotopic (exact) mass is 824 g/mol. The molecule has 1 aliphatic heterocycles. The van der Waals surface area contributed by atoms with Crippen LogP contribution in [0.25, 0.3) is 11.1 Å². The first-order chi connectivity index (χ1) is 28.4. The summed E-state index contributed by atoms with van der Waals surface area (Å²) in [6.07, 6.45) is 13.5. The van der Waals surface area contributed by atoms with E-state index in [1.54, 1.807) is 36.4 Å². The molecular weight excluding hydrogens is 755 g/mol. The van der Waals surface area contributed by atoms with Crippen LogP contribution in [0.5, 0.6) is 11.5 Å². The lowest BCUT2D eigenvalue weighted by Gasteiger charge is -2.32. The Morgan fingerprint density at radius 2 is 1.37 bits per heavy atom. The number of fused-ring (bicyclic) bond motifs is 5. The summed E-state index contributed by atoms with van der Waals surface area (Å²) in [7, 11) is 1.47. The Morgan fingerprint density at radius 3 is 1.95 bits per heavy atom. The van der Waals surface area contributed by atoms with Crippen LogP contribution in [0.3, 0.4) is 0 Å². The van der Waals surface area contributed by atoms with Crippen LogP contribution in [0.15, 0.2) is 36.4 Å². The summed E-state index contributed by atoms with van der Waals surface area (Å²) in [4.78, 5) is 69.0. The maximum atomic E-state index is 14.4. The van der Waals surface area contributed by atoms with E-state index in [4.69, 9.17) is 26.7 Å². The van der Waals surface area contributed by atoms with Crippen LogP contribution in [0.2, 0.25) is 0 Å². The molecule has 0 radical (unpaired) electrons. The van der Waals surface area contributed by atoms with Crippen molar-refractivity contribution in [1.29, 1.82) is 0 Å². The molecule has 0 spiro atoms. The molecule has 10 N–H and O–H groups in total. The van der Waals surface area contributed by atoms with E-state index >= 15 is 0 Å². The van der Waals surface area contributed by atoms with Crippen molar-refractivity contribution in [1.82, 2.24) is 20.9 Å². The molecule has 4 unspecified atom stereocenters. The van der Waals surface area contributed by atoms with E-state index in [1.807, 2.05) is 0 Å². The van der Waals surface area contributed by atoms with E-state index in [-0.39, 0.29) is 58.0 Å². The Hall–Kier alpha value is -4.73. The van der Waals surface area contributed by atoms with E-state index < -0.39 is 47.9 Å². The molecule has 4 amide bonds. The molecule has 2 aromatic carbocycles. The molecule has 0 saturated heterocycles. The Balaban J connectivity index is 1.96. The number of hydrogen-bond donors (Lipinski definition) is 7. The van der Waals surface area contributed by atoms with Crippen molar-refractivity contribution in [3.63, 3.8) is 0 Å². The molecule has 4 bridgehead atoms. The second kappa shape index (κ2) is 26.4. The minimum atomic E-state index is -1.33. The van der Waals surface area contributed by atoms with Crippen molar-refractivity contribution in [2.24, 2.45) is 17.2 Å². The average molecular weight is 824 g/mol. The number of unbranched alkanes of at least 4 members (excludes halogenated alkanes) is 10. The minimum Gasteiger partial charge on any atom is -0.492 e. The van der Waals surface area contributed by atoms with Gasteiger partial charge < -0.3 is 52.6 Å². The number of nitrogens with two attached hydrogens (primary N) is 3. The van der Waals surface area contributed by atoms with E-state index in [2.05, 4.69) is 22.9 Å². The summed E-state index contributed by atoms with van der Waals surface area (Å²) in [5.74, 6) is -2.65. The average Bonchev–Trinajstić information content (AvgIpc) is 3.22. The number of aliphatic carboxylic acids is 1. The van der Waals surface area contributed by atoms with Gasteiger partial charge in [0.1, 0.15) is 48.9 Å². The van der Waals surface area contributed by atoms with Crippen molar-refractivity contribution >= 4 is 29.6 Å². The summed E-state index contributed by atoms with van der Waals surface area (Å²) in [5.41, 5.74) is 19.4. The molecule has 15 heteroatoms. The summed E-state index contributed by atoms with van der Waals surface area (Å²) in [5, 5.41) is 18.2. The fourth-order valence-corrected chi connectivity index (χ4v) is 7.24. The Morgan fingerprint density at radius 1 is 0.797 bits per heavy atom. The maximum absolute atomic E-state index is 14.4. The van der Waals surface area contributed by atoms with E-state index in [9.17, 15) is 29.1 Å². The summed E-state index contributed by atoms with van der Waals surface area (Å²) >= 11 is 0. The highest BCUT2D eigenvalue weighted by molar-refractivity contribution is 5.96. The molecule has 0 aromatic heterocycles. The number of nitrogens with zero attached hydrogens (tertiary/aromatic N) is 1. The number of ether oxygens (including phenoxy) is 2. The molecule has 2 aromatic rings. The molecule has 1 heterocycles. The molecule has 15 nitrogen and oxygen atoms in total. The molecule has 0 fully saturated rings. The molecule has 328 valence electrons. The van der Waals surface area contributed by atoms with Crippen molar-refractivity contribution < 1.29 is 38.6 Å². The van der Waals surface area contributed by atoms with Gasteiger partial charge in [0.05, 0.1) is 0 Å². The number of hydrogen-bond acceptors (Lipinski definition) is 10. The molecule has 0 saturated carbocycles. The SMILES string of the molecule is CCCCCCCCCCCCCC(=O)NC(CCCN)C(=O)N(C)C1C(=O)NC(C)C(=O)NC(C(=O)O)Cc2ccc(OCCN)c(c2)-c2cc1ccc2OCCN. The first-order valence-electron chi connectivity index (χ1n) is 21.5. The number of carbonyl (C=O) groups is 5. The van der Waals surface area contributed by atoms with Crippen LogP contribution in [0.1, 0.15) is 121 Å². The van der Waals surface area contributed by atoms with Gasteiger partial charge in [-0.15, -0.1) is 0 Å². The van der Waals surface area contributed by atoms with Gasteiger partial charge in [0.15, 0.2) is 0 Å². The van der Waals surface area contributed by atoms with Crippen molar-refractivity contribution in [2.45, 2.75) is 134 Å².